The fourth-order valence-corrected chi connectivity index (χ4v) is 3.09. The maximum absolute atomic E-state index is 12.0. The number of carbonyl (C=O) groups is 1. The second-order valence-corrected chi connectivity index (χ2v) is 6.81. The summed E-state index contributed by atoms with van der Waals surface area (Å²) in [7, 11) is 0. The SMILES string of the molecule is CC[C@@H](C)NC(=O)CSc1nc(C2CC2)nc2ccccc12. The fraction of sp³-hybridized carbons (Fsp3) is 0.471. The summed E-state index contributed by atoms with van der Waals surface area (Å²) in [5.74, 6) is 1.91. The molecular weight excluding hydrogens is 294 g/mol. The van der Waals surface area contributed by atoms with Crippen molar-refractivity contribution in [3.63, 3.8) is 0 Å². The van der Waals surface area contributed by atoms with Crippen LogP contribution in [0.2, 0.25) is 0 Å². The van der Waals surface area contributed by atoms with E-state index in [1.165, 1.54) is 24.6 Å². The highest BCUT2D eigenvalue weighted by molar-refractivity contribution is 8.00. The van der Waals surface area contributed by atoms with Gasteiger partial charge in [0.15, 0.2) is 0 Å². The van der Waals surface area contributed by atoms with Gasteiger partial charge in [0.1, 0.15) is 10.9 Å². The van der Waals surface area contributed by atoms with Crippen molar-refractivity contribution < 1.29 is 4.79 Å². The maximum Gasteiger partial charge on any atom is 0.230 e. The van der Waals surface area contributed by atoms with Crippen molar-refractivity contribution in [3.8, 4) is 0 Å². The van der Waals surface area contributed by atoms with Gasteiger partial charge in [-0.2, -0.15) is 0 Å². The minimum atomic E-state index is 0.0648. The minimum Gasteiger partial charge on any atom is -0.353 e. The van der Waals surface area contributed by atoms with Crippen molar-refractivity contribution in [2.45, 2.75) is 50.1 Å². The number of fused-ring (bicyclic) bond motifs is 1. The van der Waals surface area contributed by atoms with Gasteiger partial charge in [-0.15, -0.1) is 0 Å². The van der Waals surface area contributed by atoms with Crippen LogP contribution in [0.4, 0.5) is 0 Å². The summed E-state index contributed by atoms with van der Waals surface area (Å²) in [6.07, 6.45) is 3.30. The fourth-order valence-electron chi connectivity index (χ4n) is 2.25. The second-order valence-electron chi connectivity index (χ2n) is 5.84. The van der Waals surface area contributed by atoms with Crippen LogP contribution < -0.4 is 5.32 Å². The highest BCUT2D eigenvalue weighted by atomic mass is 32.2. The number of para-hydroxylation sites is 1. The standard InChI is InChI=1S/C17H21N3OS/c1-3-11(2)18-15(21)10-22-17-13-6-4-5-7-14(13)19-16(20-17)12-8-9-12/h4-7,11-12H,3,8-10H2,1-2H3,(H,18,21)/t11-/m1/s1. The van der Waals surface area contributed by atoms with Crippen molar-refractivity contribution in [2.24, 2.45) is 0 Å². The molecule has 1 heterocycles. The molecule has 5 heteroatoms. The molecule has 4 nitrogen and oxygen atoms in total. The van der Waals surface area contributed by atoms with Gasteiger partial charge in [0, 0.05) is 17.3 Å². The molecule has 116 valence electrons. The number of hydrogen-bond donors (Lipinski definition) is 1. The monoisotopic (exact) mass is 315 g/mol. The minimum absolute atomic E-state index is 0.0648. The molecule has 0 unspecified atom stereocenters. The molecule has 0 aliphatic heterocycles. The normalized spacial score (nSPS) is 15.7. The zero-order chi connectivity index (χ0) is 15.5. The molecule has 3 rings (SSSR count). The highest BCUT2D eigenvalue weighted by Gasteiger charge is 2.27. The van der Waals surface area contributed by atoms with Gasteiger partial charge in [-0.05, 0) is 32.3 Å². The number of carbonyl (C=O) groups excluding carboxylic acids is 1. The zero-order valence-corrected chi connectivity index (χ0v) is 13.8. The molecule has 1 aromatic heterocycles. The second kappa shape index (κ2) is 6.65. The summed E-state index contributed by atoms with van der Waals surface area (Å²) in [5, 5.41) is 4.95. The van der Waals surface area contributed by atoms with Crippen LogP contribution in [-0.4, -0.2) is 27.7 Å². The Morgan fingerprint density at radius 3 is 2.86 bits per heavy atom. The number of nitrogens with one attached hydrogen (secondary N) is 1. The molecule has 1 amide bonds. The topological polar surface area (TPSA) is 54.9 Å². The van der Waals surface area contributed by atoms with Crippen LogP contribution >= 0.6 is 11.8 Å². The van der Waals surface area contributed by atoms with E-state index in [0.29, 0.717) is 11.7 Å². The molecule has 1 aliphatic carbocycles. The van der Waals surface area contributed by atoms with E-state index >= 15 is 0 Å². The first-order valence-electron chi connectivity index (χ1n) is 7.86. The molecule has 0 radical (unpaired) electrons. The van der Waals surface area contributed by atoms with Crippen molar-refractivity contribution in [1.82, 2.24) is 15.3 Å². The molecule has 1 N–H and O–H groups in total. The Labute approximate surface area is 135 Å². The molecule has 1 saturated carbocycles. The lowest BCUT2D eigenvalue weighted by Gasteiger charge is -2.11. The third-order valence-corrected chi connectivity index (χ3v) is 4.88. The molecular formula is C17H21N3OS. The van der Waals surface area contributed by atoms with Crippen LogP contribution in [0.15, 0.2) is 29.3 Å². The van der Waals surface area contributed by atoms with E-state index in [-0.39, 0.29) is 11.9 Å². The van der Waals surface area contributed by atoms with E-state index in [4.69, 9.17) is 4.98 Å². The van der Waals surface area contributed by atoms with E-state index in [2.05, 4.69) is 17.2 Å². The van der Waals surface area contributed by atoms with Crippen LogP contribution in [0.5, 0.6) is 0 Å². The first kappa shape index (κ1) is 15.3. The van der Waals surface area contributed by atoms with E-state index in [1.807, 2.05) is 31.2 Å². The molecule has 1 atom stereocenters. The molecule has 0 saturated heterocycles. The molecule has 1 aromatic carbocycles. The van der Waals surface area contributed by atoms with Crippen molar-refractivity contribution in [3.05, 3.63) is 30.1 Å². The lowest BCUT2D eigenvalue weighted by molar-refractivity contribution is -0.119. The summed E-state index contributed by atoms with van der Waals surface area (Å²) < 4.78 is 0. The summed E-state index contributed by atoms with van der Waals surface area (Å²) in [4.78, 5) is 21.3. The molecule has 22 heavy (non-hydrogen) atoms. The van der Waals surface area contributed by atoms with Gasteiger partial charge >= 0.3 is 0 Å². The maximum atomic E-state index is 12.0. The Morgan fingerprint density at radius 2 is 2.14 bits per heavy atom. The summed E-state index contributed by atoms with van der Waals surface area (Å²) in [5.41, 5.74) is 0.976. The highest BCUT2D eigenvalue weighted by Crippen LogP contribution is 2.39. The smallest absolute Gasteiger partial charge is 0.230 e. The molecule has 1 fully saturated rings. The summed E-state index contributed by atoms with van der Waals surface area (Å²) in [6, 6.07) is 8.26. The number of benzene rings is 1. The van der Waals surface area contributed by atoms with Crippen LogP contribution in [0.1, 0.15) is 44.9 Å². The number of nitrogens with zero attached hydrogens (tertiary/aromatic N) is 2. The lowest BCUT2D eigenvalue weighted by atomic mass is 10.2. The first-order chi connectivity index (χ1) is 10.7. The first-order valence-corrected chi connectivity index (χ1v) is 8.84. The van der Waals surface area contributed by atoms with Gasteiger partial charge in [-0.25, -0.2) is 9.97 Å². The predicted octanol–water partition coefficient (Wildman–Crippen LogP) is 3.51. The van der Waals surface area contributed by atoms with E-state index in [9.17, 15) is 4.79 Å². The van der Waals surface area contributed by atoms with Crippen molar-refractivity contribution in [1.29, 1.82) is 0 Å². The lowest BCUT2D eigenvalue weighted by Crippen LogP contribution is -2.33. The van der Waals surface area contributed by atoms with E-state index in [1.54, 1.807) is 0 Å². The van der Waals surface area contributed by atoms with Gasteiger partial charge in [0.2, 0.25) is 5.91 Å². The van der Waals surface area contributed by atoms with E-state index in [0.717, 1.165) is 28.2 Å². The Morgan fingerprint density at radius 1 is 1.36 bits per heavy atom. The van der Waals surface area contributed by atoms with Crippen LogP contribution in [-0.2, 0) is 4.79 Å². The zero-order valence-electron chi connectivity index (χ0n) is 13.0. The third-order valence-electron chi connectivity index (χ3n) is 3.89. The number of rotatable bonds is 6. The van der Waals surface area contributed by atoms with Crippen LogP contribution in [0.25, 0.3) is 10.9 Å². The van der Waals surface area contributed by atoms with Gasteiger partial charge in [-0.1, -0.05) is 36.9 Å². The number of amides is 1. The quantitative estimate of drug-likeness (QED) is 0.654. The Hall–Kier alpha value is -1.62. The van der Waals surface area contributed by atoms with Gasteiger partial charge in [-0.3, -0.25) is 4.79 Å². The van der Waals surface area contributed by atoms with Crippen molar-refractivity contribution >= 4 is 28.6 Å². The Bertz CT molecular complexity index is 685. The number of aromatic nitrogens is 2. The largest absolute Gasteiger partial charge is 0.353 e. The number of thioether (sulfide) groups is 1. The number of hydrogen-bond acceptors (Lipinski definition) is 4. The van der Waals surface area contributed by atoms with Crippen LogP contribution in [0.3, 0.4) is 0 Å². The van der Waals surface area contributed by atoms with Crippen LogP contribution in [0, 0.1) is 0 Å². The average molecular weight is 315 g/mol. The van der Waals surface area contributed by atoms with Crippen molar-refractivity contribution in [2.75, 3.05) is 5.75 Å². The Kier molecular flexibility index (Phi) is 4.62. The summed E-state index contributed by atoms with van der Waals surface area (Å²) in [6.45, 7) is 4.09. The predicted molar refractivity (Wildman–Crippen MR) is 90.1 cm³/mol. The van der Waals surface area contributed by atoms with Gasteiger partial charge in [0.25, 0.3) is 0 Å². The van der Waals surface area contributed by atoms with Gasteiger partial charge < -0.3 is 5.32 Å². The van der Waals surface area contributed by atoms with E-state index < -0.39 is 0 Å². The third kappa shape index (κ3) is 3.58. The molecule has 0 spiro atoms. The summed E-state index contributed by atoms with van der Waals surface area (Å²) >= 11 is 1.51. The average Bonchev–Trinajstić information content (AvgIpc) is 3.37. The molecule has 0 bridgehead atoms. The Balaban J connectivity index is 1.78. The molecule has 1 aliphatic rings. The van der Waals surface area contributed by atoms with Gasteiger partial charge in [0.05, 0.1) is 11.3 Å². The molecule has 2 aromatic rings.